The number of rotatable bonds is 9. The zero-order chi connectivity index (χ0) is 22.5. The first kappa shape index (κ1) is 22.8. The molecule has 0 aliphatic carbocycles. The normalized spacial score (nSPS) is 15.8. The van der Waals surface area contributed by atoms with Gasteiger partial charge in [0.2, 0.25) is 11.8 Å². The predicted octanol–water partition coefficient (Wildman–Crippen LogP) is 0.884. The molecule has 1 unspecified atom stereocenters. The number of carbonyl (C=O) groups excluding carboxylic acids is 3. The van der Waals surface area contributed by atoms with Gasteiger partial charge in [-0.15, -0.1) is 0 Å². The van der Waals surface area contributed by atoms with E-state index in [0.29, 0.717) is 37.4 Å². The van der Waals surface area contributed by atoms with Crippen molar-refractivity contribution in [2.75, 3.05) is 59.7 Å². The average Bonchev–Trinajstić information content (AvgIpc) is 3.06. The van der Waals surface area contributed by atoms with Crippen molar-refractivity contribution in [1.29, 1.82) is 0 Å². The maximum atomic E-state index is 12.5. The van der Waals surface area contributed by atoms with Crippen LogP contribution in [0.15, 0.2) is 24.3 Å². The van der Waals surface area contributed by atoms with Gasteiger partial charge in [-0.25, -0.2) is 0 Å². The molecule has 0 radical (unpaired) electrons. The third-order valence-electron chi connectivity index (χ3n) is 5.20. The lowest BCUT2D eigenvalue weighted by molar-refractivity contribution is -0.122. The number of hydrogen-bond donors (Lipinski definition) is 3. The van der Waals surface area contributed by atoms with Crippen molar-refractivity contribution in [2.24, 2.45) is 0 Å². The molecule has 3 amide bonds. The summed E-state index contributed by atoms with van der Waals surface area (Å²) in [7, 11) is 7.68. The molecule has 0 spiro atoms. The third kappa shape index (κ3) is 5.83. The van der Waals surface area contributed by atoms with Gasteiger partial charge in [-0.1, -0.05) is 0 Å². The van der Waals surface area contributed by atoms with Gasteiger partial charge in [0.1, 0.15) is 5.69 Å². The van der Waals surface area contributed by atoms with E-state index in [-0.39, 0.29) is 23.8 Å². The number of fused-ring (bicyclic) bond motifs is 3. The van der Waals surface area contributed by atoms with Gasteiger partial charge in [0.15, 0.2) is 0 Å². The van der Waals surface area contributed by atoms with Crippen LogP contribution in [-0.4, -0.2) is 86.5 Å². The summed E-state index contributed by atoms with van der Waals surface area (Å²) in [5.41, 5.74) is 2.09. The van der Waals surface area contributed by atoms with Crippen molar-refractivity contribution in [3.05, 3.63) is 30.0 Å². The minimum atomic E-state index is -0.159. The Morgan fingerprint density at radius 3 is 2.61 bits per heavy atom. The number of benzene rings is 1. The lowest BCUT2D eigenvalue weighted by Crippen LogP contribution is -2.41. The molecule has 1 aromatic heterocycles. The maximum Gasteiger partial charge on any atom is 0.268 e. The summed E-state index contributed by atoms with van der Waals surface area (Å²) in [6, 6.07) is 7.24. The summed E-state index contributed by atoms with van der Waals surface area (Å²) < 4.78 is 1.94. The van der Waals surface area contributed by atoms with E-state index >= 15 is 0 Å². The first-order chi connectivity index (χ1) is 14.7. The Kier molecular flexibility index (Phi) is 7.29. The van der Waals surface area contributed by atoms with Gasteiger partial charge in [0.25, 0.3) is 5.91 Å². The highest BCUT2D eigenvalue weighted by molar-refractivity contribution is 6.01. The molecule has 0 fully saturated rings. The number of anilines is 1. The molecule has 1 aliphatic heterocycles. The molecule has 1 aromatic carbocycles. The molecule has 9 nitrogen and oxygen atoms in total. The van der Waals surface area contributed by atoms with E-state index in [1.165, 1.54) is 0 Å². The summed E-state index contributed by atoms with van der Waals surface area (Å²) in [4.78, 5) is 40.8. The zero-order valence-corrected chi connectivity index (χ0v) is 18.7. The topological polar surface area (TPSA) is 98.7 Å². The highest BCUT2D eigenvalue weighted by Crippen LogP contribution is 2.30. The zero-order valence-electron chi connectivity index (χ0n) is 18.7. The van der Waals surface area contributed by atoms with Gasteiger partial charge in [0.05, 0.1) is 12.6 Å². The van der Waals surface area contributed by atoms with Crippen molar-refractivity contribution in [3.63, 3.8) is 0 Å². The predicted molar refractivity (Wildman–Crippen MR) is 121 cm³/mol. The Morgan fingerprint density at radius 1 is 1.13 bits per heavy atom. The van der Waals surface area contributed by atoms with E-state index in [0.717, 1.165) is 23.9 Å². The van der Waals surface area contributed by atoms with Crippen molar-refractivity contribution < 1.29 is 14.4 Å². The van der Waals surface area contributed by atoms with Crippen LogP contribution in [0.5, 0.6) is 0 Å². The van der Waals surface area contributed by atoms with Gasteiger partial charge < -0.3 is 30.3 Å². The van der Waals surface area contributed by atoms with Gasteiger partial charge in [-0.3, -0.25) is 14.4 Å². The van der Waals surface area contributed by atoms with E-state index in [9.17, 15) is 14.4 Å². The summed E-state index contributed by atoms with van der Waals surface area (Å²) in [5, 5.41) is 9.59. The third-order valence-corrected chi connectivity index (χ3v) is 5.20. The summed E-state index contributed by atoms with van der Waals surface area (Å²) in [6.07, 6.45) is 1.18. The van der Waals surface area contributed by atoms with Crippen LogP contribution < -0.4 is 16.0 Å². The first-order valence-electron chi connectivity index (χ1n) is 10.5. The van der Waals surface area contributed by atoms with Gasteiger partial charge in [-0.05, 0) is 65.4 Å². The Labute approximate surface area is 182 Å². The number of carbonyl (C=O) groups is 3. The molecule has 3 N–H and O–H groups in total. The van der Waals surface area contributed by atoms with Gasteiger partial charge in [-0.2, -0.15) is 0 Å². The lowest BCUT2D eigenvalue weighted by atomic mass is 10.1. The average molecular weight is 429 g/mol. The fourth-order valence-corrected chi connectivity index (χ4v) is 3.84. The summed E-state index contributed by atoms with van der Waals surface area (Å²) >= 11 is 0. The molecule has 1 aliphatic rings. The molecule has 0 saturated heterocycles. The van der Waals surface area contributed by atoms with Crippen LogP contribution in [0.1, 0.15) is 29.4 Å². The van der Waals surface area contributed by atoms with Crippen LogP contribution in [0.4, 0.5) is 5.69 Å². The van der Waals surface area contributed by atoms with E-state index < -0.39 is 0 Å². The molecule has 168 valence electrons. The monoisotopic (exact) mass is 428 g/mol. The van der Waals surface area contributed by atoms with E-state index in [1.807, 2.05) is 57.0 Å². The number of hydrogen-bond acceptors (Lipinski definition) is 5. The minimum Gasteiger partial charge on any atom is -0.356 e. The van der Waals surface area contributed by atoms with Crippen LogP contribution in [0, 0.1) is 0 Å². The quantitative estimate of drug-likeness (QED) is 0.515. The van der Waals surface area contributed by atoms with Crippen LogP contribution >= 0.6 is 0 Å². The molecule has 31 heavy (non-hydrogen) atoms. The van der Waals surface area contributed by atoms with Crippen molar-refractivity contribution in [2.45, 2.75) is 18.9 Å². The highest BCUT2D eigenvalue weighted by atomic mass is 16.2. The molecule has 3 rings (SSSR count). The summed E-state index contributed by atoms with van der Waals surface area (Å²) in [5.74, 6) is -0.285. The van der Waals surface area contributed by atoms with Gasteiger partial charge >= 0.3 is 0 Å². The van der Waals surface area contributed by atoms with Crippen LogP contribution in [0.3, 0.4) is 0 Å². The standard InChI is InChI=1S/C22H32N6O3/c1-26(2)9-5-8-23-20(29)12-17-13-24-22(31)19-11-15-10-16(6-7-18(15)28(17)19)25-21(30)14-27(3)4/h6-7,10-11,17H,5,8-9,12-14H2,1-4H3,(H,23,29)(H,24,31)(H,25,30). The minimum absolute atomic E-state index is 0.0275. The fraction of sp³-hybridized carbons (Fsp3) is 0.500. The fourth-order valence-electron chi connectivity index (χ4n) is 3.84. The Hall–Kier alpha value is -2.91. The lowest BCUT2D eigenvalue weighted by Gasteiger charge is -2.27. The van der Waals surface area contributed by atoms with Crippen LogP contribution in [0.2, 0.25) is 0 Å². The number of nitrogens with one attached hydrogen (secondary N) is 3. The smallest absolute Gasteiger partial charge is 0.268 e. The van der Waals surface area contributed by atoms with Crippen molar-refractivity contribution in [3.8, 4) is 0 Å². The second kappa shape index (κ2) is 9.93. The van der Waals surface area contributed by atoms with Crippen molar-refractivity contribution >= 4 is 34.3 Å². The second-order valence-corrected chi connectivity index (χ2v) is 8.53. The first-order valence-corrected chi connectivity index (χ1v) is 10.5. The molecule has 0 saturated carbocycles. The van der Waals surface area contributed by atoms with Crippen LogP contribution in [-0.2, 0) is 9.59 Å². The molecular formula is C22H32N6O3. The largest absolute Gasteiger partial charge is 0.356 e. The number of nitrogens with zero attached hydrogens (tertiary/aromatic N) is 3. The molecule has 0 bridgehead atoms. The Morgan fingerprint density at radius 2 is 1.90 bits per heavy atom. The Bertz CT molecular complexity index is 966. The number of amides is 3. The highest BCUT2D eigenvalue weighted by Gasteiger charge is 2.28. The molecular weight excluding hydrogens is 396 g/mol. The van der Waals surface area contributed by atoms with E-state index in [4.69, 9.17) is 0 Å². The maximum absolute atomic E-state index is 12.5. The summed E-state index contributed by atoms with van der Waals surface area (Å²) in [6.45, 7) is 2.24. The molecule has 2 aromatic rings. The van der Waals surface area contributed by atoms with Gasteiger partial charge in [0, 0.05) is 36.1 Å². The molecule has 1 atom stereocenters. The molecule has 9 heteroatoms. The van der Waals surface area contributed by atoms with E-state index in [1.54, 1.807) is 4.90 Å². The van der Waals surface area contributed by atoms with Crippen molar-refractivity contribution in [1.82, 2.24) is 25.0 Å². The van der Waals surface area contributed by atoms with Crippen LogP contribution in [0.25, 0.3) is 10.9 Å². The SMILES string of the molecule is CN(C)CCCNC(=O)CC1CNC(=O)c2cc3cc(NC(=O)CN(C)C)ccc3n21. The second-order valence-electron chi connectivity index (χ2n) is 8.53. The number of aromatic nitrogens is 1. The number of likely N-dealkylation sites (N-methyl/N-ethyl adjacent to an activating group) is 1. The van der Waals surface area contributed by atoms with E-state index in [2.05, 4.69) is 20.9 Å². The molecule has 2 heterocycles. The Balaban J connectivity index is 1.75.